The van der Waals surface area contributed by atoms with Gasteiger partial charge in [-0.15, -0.1) is 0 Å². The highest BCUT2D eigenvalue weighted by atomic mass is 19.4. The normalized spacial score (nSPS) is 11.5. The van der Waals surface area contributed by atoms with Gasteiger partial charge in [0, 0.05) is 5.56 Å². The fraction of sp³-hybridized carbons (Fsp3) is 0.375. The van der Waals surface area contributed by atoms with Crippen LogP contribution in [-0.2, 0) is 6.61 Å². The van der Waals surface area contributed by atoms with Crippen LogP contribution in [0.5, 0.6) is 5.88 Å². The standard InChI is InChI=1S/C8H7F4NO2/c9-6-1-5(3-14)7(13-2-6)15-4-8(10,11)12/h1-2,14H,3-4H2. The number of pyridine rings is 1. The van der Waals surface area contributed by atoms with E-state index in [0.717, 1.165) is 6.07 Å². The molecule has 1 rings (SSSR count). The van der Waals surface area contributed by atoms with Crippen molar-refractivity contribution in [2.45, 2.75) is 12.8 Å². The first kappa shape index (κ1) is 11.7. The zero-order valence-electron chi connectivity index (χ0n) is 7.38. The number of aliphatic hydroxyl groups is 1. The molecule has 1 heterocycles. The minimum Gasteiger partial charge on any atom is -0.468 e. The maximum absolute atomic E-state index is 12.6. The van der Waals surface area contributed by atoms with Crippen LogP contribution in [0.3, 0.4) is 0 Å². The lowest BCUT2D eigenvalue weighted by Crippen LogP contribution is -2.20. The van der Waals surface area contributed by atoms with Gasteiger partial charge in [0.1, 0.15) is 5.82 Å². The first-order valence-corrected chi connectivity index (χ1v) is 3.87. The second-order valence-electron chi connectivity index (χ2n) is 2.68. The number of hydrogen-bond acceptors (Lipinski definition) is 3. The third-order valence-corrected chi connectivity index (χ3v) is 1.43. The second-order valence-corrected chi connectivity index (χ2v) is 2.68. The van der Waals surface area contributed by atoms with Crippen molar-refractivity contribution in [1.82, 2.24) is 4.98 Å². The fourth-order valence-electron chi connectivity index (χ4n) is 0.862. The van der Waals surface area contributed by atoms with E-state index in [-0.39, 0.29) is 5.56 Å². The van der Waals surface area contributed by atoms with E-state index in [1.807, 2.05) is 0 Å². The molecule has 7 heteroatoms. The van der Waals surface area contributed by atoms with Crippen molar-refractivity contribution in [2.75, 3.05) is 6.61 Å². The number of rotatable bonds is 3. The van der Waals surface area contributed by atoms with E-state index in [9.17, 15) is 17.6 Å². The quantitative estimate of drug-likeness (QED) is 0.795. The van der Waals surface area contributed by atoms with Crippen LogP contribution in [-0.4, -0.2) is 22.9 Å². The molecule has 3 nitrogen and oxygen atoms in total. The molecule has 0 radical (unpaired) electrons. The van der Waals surface area contributed by atoms with Gasteiger partial charge in [0.25, 0.3) is 0 Å². The summed E-state index contributed by atoms with van der Waals surface area (Å²) in [4.78, 5) is 3.29. The summed E-state index contributed by atoms with van der Waals surface area (Å²) < 4.78 is 52.1. The molecule has 0 spiro atoms. The molecule has 1 aromatic rings. The number of ether oxygens (including phenoxy) is 1. The zero-order chi connectivity index (χ0) is 11.5. The third kappa shape index (κ3) is 3.70. The highest BCUT2D eigenvalue weighted by Gasteiger charge is 2.29. The SMILES string of the molecule is OCc1cc(F)cnc1OCC(F)(F)F. The lowest BCUT2D eigenvalue weighted by atomic mass is 10.3. The van der Waals surface area contributed by atoms with Crippen LogP contribution in [0.25, 0.3) is 0 Å². The number of halogens is 4. The lowest BCUT2D eigenvalue weighted by molar-refractivity contribution is -0.154. The molecule has 0 fully saturated rings. The molecule has 0 saturated heterocycles. The maximum Gasteiger partial charge on any atom is 0.422 e. The Morgan fingerprint density at radius 3 is 2.60 bits per heavy atom. The maximum atomic E-state index is 12.6. The van der Waals surface area contributed by atoms with Gasteiger partial charge >= 0.3 is 6.18 Å². The smallest absolute Gasteiger partial charge is 0.422 e. The largest absolute Gasteiger partial charge is 0.468 e. The van der Waals surface area contributed by atoms with Gasteiger partial charge in [0.2, 0.25) is 5.88 Å². The Morgan fingerprint density at radius 2 is 2.07 bits per heavy atom. The van der Waals surface area contributed by atoms with Gasteiger partial charge in [0.15, 0.2) is 6.61 Å². The van der Waals surface area contributed by atoms with Crippen LogP contribution in [0, 0.1) is 5.82 Å². The lowest BCUT2D eigenvalue weighted by Gasteiger charge is -2.10. The number of alkyl halides is 3. The van der Waals surface area contributed by atoms with E-state index in [1.54, 1.807) is 0 Å². The van der Waals surface area contributed by atoms with Crippen LogP contribution in [0.4, 0.5) is 17.6 Å². The Kier molecular flexibility index (Phi) is 3.46. The summed E-state index contributed by atoms with van der Waals surface area (Å²) in [5.41, 5.74) is -0.126. The molecule has 0 bridgehead atoms. The number of aliphatic hydroxyl groups excluding tert-OH is 1. The van der Waals surface area contributed by atoms with E-state index < -0.39 is 31.1 Å². The molecule has 0 atom stereocenters. The monoisotopic (exact) mass is 225 g/mol. The average molecular weight is 225 g/mol. The zero-order valence-corrected chi connectivity index (χ0v) is 7.38. The summed E-state index contributed by atoms with van der Waals surface area (Å²) in [5.74, 6) is -1.17. The summed E-state index contributed by atoms with van der Waals surface area (Å²) in [5, 5.41) is 8.70. The molecule has 0 aliphatic heterocycles. The Labute approximate surface area is 82.3 Å². The Morgan fingerprint density at radius 1 is 1.40 bits per heavy atom. The number of nitrogens with zero attached hydrogens (tertiary/aromatic N) is 1. The topological polar surface area (TPSA) is 42.4 Å². The molecule has 0 amide bonds. The van der Waals surface area contributed by atoms with E-state index in [4.69, 9.17) is 5.11 Å². The molecular formula is C8H7F4NO2. The van der Waals surface area contributed by atoms with E-state index in [2.05, 4.69) is 9.72 Å². The summed E-state index contributed by atoms with van der Waals surface area (Å²) >= 11 is 0. The first-order chi connectivity index (χ1) is 6.92. The van der Waals surface area contributed by atoms with Crippen molar-refractivity contribution < 1.29 is 27.4 Å². The average Bonchev–Trinajstić information content (AvgIpc) is 2.14. The first-order valence-electron chi connectivity index (χ1n) is 3.87. The van der Waals surface area contributed by atoms with Gasteiger partial charge in [-0.3, -0.25) is 0 Å². The molecular weight excluding hydrogens is 218 g/mol. The van der Waals surface area contributed by atoms with Crippen LogP contribution in [0.15, 0.2) is 12.3 Å². The summed E-state index contributed by atoms with van der Waals surface area (Å²) in [6.07, 6.45) is -3.78. The predicted octanol–water partition coefficient (Wildman–Crippen LogP) is 1.65. The number of aromatic nitrogens is 1. The minimum absolute atomic E-state index is 0.126. The van der Waals surface area contributed by atoms with Gasteiger partial charge in [0.05, 0.1) is 12.8 Å². The highest BCUT2D eigenvalue weighted by Crippen LogP contribution is 2.20. The van der Waals surface area contributed by atoms with Gasteiger partial charge in [-0.2, -0.15) is 13.2 Å². The van der Waals surface area contributed by atoms with E-state index in [0.29, 0.717) is 6.20 Å². The summed E-state index contributed by atoms with van der Waals surface area (Å²) in [6.45, 7) is -2.17. The van der Waals surface area contributed by atoms with E-state index in [1.165, 1.54) is 0 Å². The molecule has 1 aromatic heterocycles. The molecule has 1 N–H and O–H groups in total. The van der Waals surface area contributed by atoms with Gasteiger partial charge in [-0.1, -0.05) is 0 Å². The Hall–Kier alpha value is -1.37. The molecule has 15 heavy (non-hydrogen) atoms. The van der Waals surface area contributed by atoms with Crippen LogP contribution in [0.1, 0.15) is 5.56 Å². The molecule has 84 valence electrons. The van der Waals surface area contributed by atoms with Gasteiger partial charge in [-0.25, -0.2) is 9.37 Å². The molecule has 0 aliphatic carbocycles. The molecule has 0 saturated carbocycles. The summed E-state index contributed by atoms with van der Waals surface area (Å²) in [7, 11) is 0. The van der Waals surface area contributed by atoms with Crippen molar-refractivity contribution >= 4 is 0 Å². The van der Waals surface area contributed by atoms with Gasteiger partial charge < -0.3 is 9.84 Å². The van der Waals surface area contributed by atoms with E-state index >= 15 is 0 Å². The van der Waals surface area contributed by atoms with Crippen LogP contribution < -0.4 is 4.74 Å². The molecule has 0 unspecified atom stereocenters. The fourth-order valence-corrected chi connectivity index (χ4v) is 0.862. The van der Waals surface area contributed by atoms with Crippen molar-refractivity contribution in [3.05, 3.63) is 23.6 Å². The van der Waals surface area contributed by atoms with Crippen molar-refractivity contribution in [1.29, 1.82) is 0 Å². The van der Waals surface area contributed by atoms with Crippen molar-refractivity contribution in [3.8, 4) is 5.88 Å². The van der Waals surface area contributed by atoms with Crippen molar-refractivity contribution in [2.24, 2.45) is 0 Å². The Bertz CT molecular complexity index is 340. The number of hydrogen-bond donors (Lipinski definition) is 1. The Balaban J connectivity index is 2.76. The van der Waals surface area contributed by atoms with Crippen LogP contribution in [0.2, 0.25) is 0 Å². The predicted molar refractivity (Wildman–Crippen MR) is 41.7 cm³/mol. The highest BCUT2D eigenvalue weighted by molar-refractivity contribution is 5.25. The minimum atomic E-state index is -4.50. The summed E-state index contributed by atoms with van der Waals surface area (Å²) in [6, 6.07) is 0.860. The molecule has 0 aliphatic rings. The van der Waals surface area contributed by atoms with Crippen molar-refractivity contribution in [3.63, 3.8) is 0 Å². The molecule has 0 aromatic carbocycles. The van der Waals surface area contributed by atoms with Crippen LogP contribution >= 0.6 is 0 Å². The third-order valence-electron chi connectivity index (χ3n) is 1.43. The van der Waals surface area contributed by atoms with Gasteiger partial charge in [-0.05, 0) is 6.07 Å². The second kappa shape index (κ2) is 4.43.